The van der Waals surface area contributed by atoms with Crippen LogP contribution in [0.4, 0.5) is 0 Å². The van der Waals surface area contributed by atoms with Crippen molar-refractivity contribution in [2.24, 2.45) is 0 Å². The van der Waals surface area contributed by atoms with Crippen LogP contribution in [-0.4, -0.2) is 39.6 Å². The van der Waals surface area contributed by atoms with Crippen LogP contribution in [0.2, 0.25) is 0 Å². The summed E-state index contributed by atoms with van der Waals surface area (Å²) in [5, 5.41) is 20.9. The Morgan fingerprint density at radius 2 is 1.81 bits per heavy atom. The third-order valence-electron chi connectivity index (χ3n) is 3.89. The van der Waals surface area contributed by atoms with E-state index in [1.54, 1.807) is 6.07 Å². The number of phenols is 1. The summed E-state index contributed by atoms with van der Waals surface area (Å²) in [6.07, 6.45) is 1.12. The van der Waals surface area contributed by atoms with Gasteiger partial charge < -0.3 is 15.1 Å². The Morgan fingerprint density at radius 1 is 1.14 bits per heavy atom. The number of fused-ring (bicyclic) bond motifs is 1. The largest absolute Gasteiger partial charge is 0.507 e. The Labute approximate surface area is 121 Å². The highest BCUT2D eigenvalue weighted by atomic mass is 16.4. The van der Waals surface area contributed by atoms with Gasteiger partial charge in [0.15, 0.2) is 0 Å². The smallest absolute Gasteiger partial charge is 0.326 e. The Kier molecular flexibility index (Phi) is 3.25. The number of amides is 1. The van der Waals surface area contributed by atoms with Gasteiger partial charge in [-0.15, -0.1) is 0 Å². The fourth-order valence-electron chi connectivity index (χ4n) is 2.82. The zero-order valence-corrected chi connectivity index (χ0v) is 11.3. The second-order valence-electron chi connectivity index (χ2n) is 5.21. The monoisotopic (exact) mass is 285 g/mol. The lowest BCUT2D eigenvalue weighted by Gasteiger charge is -2.22. The topological polar surface area (TPSA) is 77.8 Å². The maximum absolute atomic E-state index is 12.5. The molecule has 0 aromatic heterocycles. The van der Waals surface area contributed by atoms with Gasteiger partial charge >= 0.3 is 5.97 Å². The van der Waals surface area contributed by atoms with Crippen LogP contribution in [0.25, 0.3) is 10.8 Å². The Bertz CT molecular complexity index is 725. The minimum atomic E-state index is -0.999. The summed E-state index contributed by atoms with van der Waals surface area (Å²) in [6.45, 7) is 0.405. The molecule has 2 aromatic rings. The van der Waals surface area contributed by atoms with E-state index in [-0.39, 0.29) is 11.3 Å². The highest BCUT2D eigenvalue weighted by Gasteiger charge is 2.35. The number of carbonyl (C=O) groups is 2. The van der Waals surface area contributed by atoms with Crippen molar-refractivity contribution in [1.82, 2.24) is 4.90 Å². The lowest BCUT2D eigenvalue weighted by atomic mass is 10.0. The molecule has 1 fully saturated rings. The van der Waals surface area contributed by atoms with Gasteiger partial charge in [-0.25, -0.2) is 4.79 Å². The van der Waals surface area contributed by atoms with Crippen LogP contribution in [0.15, 0.2) is 36.4 Å². The van der Waals surface area contributed by atoms with Gasteiger partial charge in [-0.3, -0.25) is 4.79 Å². The second-order valence-corrected chi connectivity index (χ2v) is 5.21. The summed E-state index contributed by atoms with van der Waals surface area (Å²) in [5.41, 5.74) is 0.154. The van der Waals surface area contributed by atoms with E-state index in [0.29, 0.717) is 19.4 Å². The highest BCUT2D eigenvalue weighted by molar-refractivity contribution is 6.03. The molecular formula is C16H15NO4. The number of nitrogens with zero attached hydrogens (tertiary/aromatic N) is 1. The van der Waals surface area contributed by atoms with Gasteiger partial charge in [0.2, 0.25) is 0 Å². The van der Waals surface area contributed by atoms with E-state index in [9.17, 15) is 14.7 Å². The fraction of sp³-hybridized carbons (Fsp3) is 0.250. The number of aromatic hydroxyl groups is 1. The molecule has 2 aromatic carbocycles. The quantitative estimate of drug-likeness (QED) is 0.887. The van der Waals surface area contributed by atoms with E-state index in [4.69, 9.17) is 5.11 Å². The number of hydrogen-bond donors (Lipinski definition) is 2. The average Bonchev–Trinajstić information content (AvgIpc) is 2.95. The predicted molar refractivity (Wildman–Crippen MR) is 77.3 cm³/mol. The van der Waals surface area contributed by atoms with Crippen molar-refractivity contribution in [3.63, 3.8) is 0 Å². The molecule has 0 aliphatic carbocycles. The molecule has 21 heavy (non-hydrogen) atoms. The van der Waals surface area contributed by atoms with Crippen molar-refractivity contribution in [3.05, 3.63) is 42.0 Å². The van der Waals surface area contributed by atoms with Gasteiger partial charge in [0.25, 0.3) is 5.91 Å². The molecule has 1 amide bonds. The summed E-state index contributed by atoms with van der Waals surface area (Å²) in [7, 11) is 0. The molecule has 2 N–H and O–H groups in total. The van der Waals surface area contributed by atoms with Crippen molar-refractivity contribution >= 4 is 22.6 Å². The lowest BCUT2D eigenvalue weighted by Crippen LogP contribution is -2.40. The van der Waals surface area contributed by atoms with E-state index in [0.717, 1.165) is 10.8 Å². The van der Waals surface area contributed by atoms with Crippen LogP contribution < -0.4 is 0 Å². The van der Waals surface area contributed by atoms with Crippen LogP contribution in [0.3, 0.4) is 0 Å². The third kappa shape index (κ3) is 2.31. The molecule has 3 rings (SSSR count). The molecule has 0 saturated carbocycles. The van der Waals surface area contributed by atoms with Crippen LogP contribution in [0.1, 0.15) is 23.2 Å². The molecule has 0 spiro atoms. The van der Waals surface area contributed by atoms with Gasteiger partial charge in [-0.1, -0.05) is 24.3 Å². The molecule has 5 nitrogen and oxygen atoms in total. The van der Waals surface area contributed by atoms with Gasteiger partial charge in [0.1, 0.15) is 11.8 Å². The van der Waals surface area contributed by atoms with Crippen LogP contribution in [0, 0.1) is 0 Å². The minimum absolute atomic E-state index is 0.116. The molecule has 1 saturated heterocycles. The first-order valence-corrected chi connectivity index (χ1v) is 6.83. The summed E-state index contributed by atoms with van der Waals surface area (Å²) < 4.78 is 0. The first-order valence-electron chi connectivity index (χ1n) is 6.83. The number of carboxylic acid groups (broad SMARTS) is 1. The summed E-state index contributed by atoms with van der Waals surface area (Å²) in [5.74, 6) is -1.54. The van der Waals surface area contributed by atoms with Crippen molar-refractivity contribution in [3.8, 4) is 5.75 Å². The maximum atomic E-state index is 12.5. The van der Waals surface area contributed by atoms with Crippen LogP contribution in [0.5, 0.6) is 5.75 Å². The molecule has 0 radical (unpaired) electrons. The molecule has 1 aliphatic rings. The molecule has 0 unspecified atom stereocenters. The van der Waals surface area contributed by atoms with Gasteiger partial charge in [-0.05, 0) is 35.7 Å². The fourth-order valence-corrected chi connectivity index (χ4v) is 2.82. The van der Waals surface area contributed by atoms with Gasteiger partial charge in [0, 0.05) is 6.54 Å². The number of carboxylic acids is 1. The lowest BCUT2D eigenvalue weighted by molar-refractivity contribution is -0.141. The van der Waals surface area contributed by atoms with E-state index < -0.39 is 17.9 Å². The number of phenolic OH excluding ortho intramolecular Hbond substituents is 1. The number of hydrogen-bond acceptors (Lipinski definition) is 3. The SMILES string of the molecule is O=C(O)[C@@H]1CCCN1C(=O)c1cc2ccccc2cc1O. The highest BCUT2D eigenvalue weighted by Crippen LogP contribution is 2.28. The molecule has 1 atom stereocenters. The molecule has 108 valence electrons. The first-order chi connectivity index (χ1) is 10.1. The molecule has 0 bridgehead atoms. The van der Waals surface area contributed by atoms with Crippen molar-refractivity contribution in [1.29, 1.82) is 0 Å². The molecule has 1 heterocycles. The number of carbonyl (C=O) groups excluding carboxylic acids is 1. The summed E-state index contributed by atoms with van der Waals surface area (Å²) in [4.78, 5) is 25.0. The Hall–Kier alpha value is -2.56. The van der Waals surface area contributed by atoms with E-state index in [1.165, 1.54) is 11.0 Å². The second kappa shape index (κ2) is 5.09. The van der Waals surface area contributed by atoms with Gasteiger partial charge in [0.05, 0.1) is 5.56 Å². The summed E-state index contributed by atoms with van der Waals surface area (Å²) >= 11 is 0. The minimum Gasteiger partial charge on any atom is -0.507 e. The average molecular weight is 285 g/mol. The normalized spacial score (nSPS) is 18.1. The standard InChI is InChI=1S/C16H15NO4/c18-14-9-11-5-2-1-4-10(11)8-12(14)15(19)17-7-3-6-13(17)16(20)21/h1-2,4-5,8-9,13,18H,3,6-7H2,(H,20,21)/t13-/m0/s1. The number of aliphatic carboxylic acids is 1. The van der Waals surface area contributed by atoms with E-state index >= 15 is 0 Å². The zero-order valence-electron chi connectivity index (χ0n) is 11.3. The number of benzene rings is 2. The zero-order chi connectivity index (χ0) is 15.0. The first kappa shape index (κ1) is 13.4. The van der Waals surface area contributed by atoms with Crippen LogP contribution in [-0.2, 0) is 4.79 Å². The summed E-state index contributed by atoms with van der Waals surface area (Å²) in [6, 6.07) is 9.75. The Morgan fingerprint density at radius 3 is 2.48 bits per heavy atom. The third-order valence-corrected chi connectivity index (χ3v) is 3.89. The molecule has 5 heteroatoms. The van der Waals surface area contributed by atoms with Crippen LogP contribution >= 0.6 is 0 Å². The maximum Gasteiger partial charge on any atom is 0.326 e. The van der Waals surface area contributed by atoms with E-state index in [2.05, 4.69) is 0 Å². The van der Waals surface area contributed by atoms with Crippen molar-refractivity contribution < 1.29 is 19.8 Å². The van der Waals surface area contributed by atoms with Gasteiger partial charge in [-0.2, -0.15) is 0 Å². The van der Waals surface area contributed by atoms with E-state index in [1.807, 2.05) is 24.3 Å². The predicted octanol–water partition coefficient (Wildman–Crippen LogP) is 2.23. The van der Waals surface area contributed by atoms with Crippen molar-refractivity contribution in [2.75, 3.05) is 6.54 Å². The number of rotatable bonds is 2. The van der Waals surface area contributed by atoms with Crippen molar-refractivity contribution in [2.45, 2.75) is 18.9 Å². The Balaban J connectivity index is 2.01. The molecular weight excluding hydrogens is 270 g/mol. The number of likely N-dealkylation sites (tertiary alicyclic amines) is 1. The molecule has 1 aliphatic heterocycles.